The van der Waals surface area contributed by atoms with E-state index in [0.29, 0.717) is 12.8 Å². The van der Waals surface area contributed by atoms with Gasteiger partial charge in [-0.05, 0) is 18.9 Å². The van der Waals surface area contributed by atoms with Gasteiger partial charge in [0, 0.05) is 18.3 Å². The highest BCUT2D eigenvalue weighted by molar-refractivity contribution is 7.89. The molecule has 8 heteroatoms. The fraction of sp³-hybridized carbons (Fsp3) is 0.545. The van der Waals surface area contributed by atoms with Crippen LogP contribution in [0.3, 0.4) is 0 Å². The SMILES string of the molecule is CCC(N)(CC)CNS(=O)(=O)c1cncc(F)c1.Cl. The maximum absolute atomic E-state index is 12.9. The molecule has 3 N–H and O–H groups in total. The lowest BCUT2D eigenvalue weighted by Gasteiger charge is -2.26. The van der Waals surface area contributed by atoms with Crippen molar-refractivity contribution in [2.24, 2.45) is 5.73 Å². The van der Waals surface area contributed by atoms with Crippen LogP contribution >= 0.6 is 12.4 Å². The Hall–Kier alpha value is -0.760. The van der Waals surface area contributed by atoms with E-state index in [9.17, 15) is 12.8 Å². The van der Waals surface area contributed by atoms with Crippen LogP contribution < -0.4 is 10.5 Å². The molecule has 110 valence electrons. The fourth-order valence-corrected chi connectivity index (χ4v) is 2.47. The van der Waals surface area contributed by atoms with Crippen molar-refractivity contribution in [2.45, 2.75) is 37.1 Å². The maximum Gasteiger partial charge on any atom is 0.242 e. The highest BCUT2D eigenvalue weighted by atomic mass is 35.5. The zero-order valence-corrected chi connectivity index (χ0v) is 12.5. The monoisotopic (exact) mass is 311 g/mol. The van der Waals surface area contributed by atoms with Crippen LogP contribution in [0, 0.1) is 5.82 Å². The molecular weight excluding hydrogens is 293 g/mol. The Kier molecular flexibility index (Phi) is 6.85. The van der Waals surface area contributed by atoms with Crippen molar-refractivity contribution < 1.29 is 12.8 Å². The molecular formula is C11H19ClFN3O2S. The number of hydrogen-bond acceptors (Lipinski definition) is 4. The smallest absolute Gasteiger partial charge is 0.242 e. The Bertz CT molecular complexity index is 506. The Labute approximate surface area is 119 Å². The molecule has 1 heterocycles. The van der Waals surface area contributed by atoms with Crippen LogP contribution in [0.1, 0.15) is 26.7 Å². The maximum atomic E-state index is 12.9. The summed E-state index contributed by atoms with van der Waals surface area (Å²) in [6.07, 6.45) is 3.34. The molecule has 0 saturated carbocycles. The van der Waals surface area contributed by atoms with Gasteiger partial charge in [-0.3, -0.25) is 4.98 Å². The average molecular weight is 312 g/mol. The molecule has 0 atom stereocenters. The van der Waals surface area contributed by atoms with Gasteiger partial charge in [-0.25, -0.2) is 17.5 Å². The molecule has 0 unspecified atom stereocenters. The van der Waals surface area contributed by atoms with E-state index in [4.69, 9.17) is 5.73 Å². The number of sulfonamides is 1. The third kappa shape index (κ3) is 5.02. The van der Waals surface area contributed by atoms with Gasteiger partial charge in [-0.2, -0.15) is 0 Å². The number of nitrogens with one attached hydrogen (secondary N) is 1. The van der Waals surface area contributed by atoms with Crippen molar-refractivity contribution >= 4 is 22.4 Å². The van der Waals surface area contributed by atoms with Gasteiger partial charge in [-0.1, -0.05) is 13.8 Å². The van der Waals surface area contributed by atoms with E-state index in [2.05, 4.69) is 9.71 Å². The van der Waals surface area contributed by atoms with E-state index in [0.717, 1.165) is 18.5 Å². The van der Waals surface area contributed by atoms with Crippen LogP contribution in [0.5, 0.6) is 0 Å². The van der Waals surface area contributed by atoms with Crippen LogP contribution in [0.4, 0.5) is 4.39 Å². The first-order chi connectivity index (χ1) is 8.33. The number of nitrogens with zero attached hydrogens (tertiary/aromatic N) is 1. The summed E-state index contributed by atoms with van der Waals surface area (Å²) < 4.78 is 39.1. The molecule has 0 spiro atoms. The molecule has 0 aromatic carbocycles. The molecule has 19 heavy (non-hydrogen) atoms. The summed E-state index contributed by atoms with van der Waals surface area (Å²) in [5.41, 5.74) is 5.41. The number of hydrogen-bond donors (Lipinski definition) is 2. The summed E-state index contributed by atoms with van der Waals surface area (Å²) >= 11 is 0. The molecule has 5 nitrogen and oxygen atoms in total. The van der Waals surface area contributed by atoms with E-state index in [1.54, 1.807) is 0 Å². The van der Waals surface area contributed by atoms with Crippen LogP contribution in [0.25, 0.3) is 0 Å². The predicted octanol–water partition coefficient (Wildman–Crippen LogP) is 1.44. The van der Waals surface area contributed by atoms with Crippen molar-refractivity contribution in [1.29, 1.82) is 0 Å². The second-order valence-electron chi connectivity index (χ2n) is 4.23. The van der Waals surface area contributed by atoms with Gasteiger partial charge in [0.1, 0.15) is 10.7 Å². The minimum Gasteiger partial charge on any atom is -0.324 e. The lowest BCUT2D eigenvalue weighted by molar-refractivity contribution is 0.391. The van der Waals surface area contributed by atoms with Gasteiger partial charge in [0.05, 0.1) is 6.20 Å². The van der Waals surface area contributed by atoms with Gasteiger partial charge in [0.15, 0.2) is 0 Å². The van der Waals surface area contributed by atoms with Gasteiger partial charge in [0.25, 0.3) is 0 Å². The molecule has 0 aliphatic rings. The third-order valence-corrected chi connectivity index (χ3v) is 4.38. The third-order valence-electron chi connectivity index (χ3n) is 3.01. The first-order valence-corrected chi connectivity index (χ1v) is 7.20. The van der Waals surface area contributed by atoms with Gasteiger partial charge < -0.3 is 5.73 Å². The topological polar surface area (TPSA) is 85.1 Å². The Morgan fingerprint density at radius 2 is 1.95 bits per heavy atom. The Morgan fingerprint density at radius 1 is 1.37 bits per heavy atom. The molecule has 0 aliphatic heterocycles. The summed E-state index contributed by atoms with van der Waals surface area (Å²) in [6, 6.07) is 0.922. The van der Waals surface area contributed by atoms with Crippen LogP contribution in [0.15, 0.2) is 23.4 Å². The fourth-order valence-electron chi connectivity index (χ4n) is 1.36. The molecule has 0 amide bonds. The second kappa shape index (κ2) is 7.14. The number of halogens is 2. The average Bonchev–Trinajstić information content (AvgIpc) is 2.36. The number of rotatable bonds is 6. The quantitative estimate of drug-likeness (QED) is 0.832. The molecule has 1 rings (SSSR count). The molecule has 0 radical (unpaired) electrons. The number of nitrogens with two attached hydrogens (primary N) is 1. The minimum atomic E-state index is -3.77. The van der Waals surface area contributed by atoms with E-state index in [1.165, 1.54) is 0 Å². The highest BCUT2D eigenvalue weighted by Crippen LogP contribution is 2.13. The molecule has 0 saturated heterocycles. The van der Waals surface area contributed by atoms with E-state index < -0.39 is 21.4 Å². The van der Waals surface area contributed by atoms with E-state index in [1.807, 2.05) is 13.8 Å². The van der Waals surface area contributed by atoms with Gasteiger partial charge in [-0.15, -0.1) is 12.4 Å². The lowest BCUT2D eigenvalue weighted by atomic mass is 9.95. The minimum absolute atomic E-state index is 0. The summed E-state index contributed by atoms with van der Waals surface area (Å²) in [4.78, 5) is 3.31. The first-order valence-electron chi connectivity index (χ1n) is 5.72. The van der Waals surface area contributed by atoms with Crippen LogP contribution in [0.2, 0.25) is 0 Å². The van der Waals surface area contributed by atoms with Crippen molar-refractivity contribution in [1.82, 2.24) is 9.71 Å². The largest absolute Gasteiger partial charge is 0.324 e. The van der Waals surface area contributed by atoms with Crippen LogP contribution in [-0.4, -0.2) is 25.5 Å². The van der Waals surface area contributed by atoms with Crippen molar-refractivity contribution in [2.75, 3.05) is 6.54 Å². The summed E-state index contributed by atoms with van der Waals surface area (Å²) in [5.74, 6) is -0.692. The second-order valence-corrected chi connectivity index (χ2v) is 6.00. The standard InChI is InChI=1S/C11H18FN3O2S.ClH/c1-3-11(13,4-2)8-15-18(16,17)10-5-9(12)6-14-7-10;/h5-7,15H,3-4,8,13H2,1-2H3;1H. The number of pyridine rings is 1. The van der Waals surface area contributed by atoms with Gasteiger partial charge in [0.2, 0.25) is 10.0 Å². The van der Waals surface area contributed by atoms with Crippen molar-refractivity contribution in [3.05, 3.63) is 24.3 Å². The normalized spacial score (nSPS) is 12.0. The summed E-state index contributed by atoms with van der Waals surface area (Å²) in [6.45, 7) is 3.89. The van der Waals surface area contributed by atoms with Crippen molar-refractivity contribution in [3.8, 4) is 0 Å². The Morgan fingerprint density at radius 3 is 2.42 bits per heavy atom. The Balaban J connectivity index is 0.00000324. The number of aromatic nitrogens is 1. The molecule has 1 aromatic rings. The zero-order valence-electron chi connectivity index (χ0n) is 10.9. The molecule has 1 aromatic heterocycles. The van der Waals surface area contributed by atoms with Crippen LogP contribution in [-0.2, 0) is 10.0 Å². The molecule has 0 fully saturated rings. The highest BCUT2D eigenvalue weighted by Gasteiger charge is 2.24. The predicted molar refractivity (Wildman–Crippen MR) is 74.1 cm³/mol. The first kappa shape index (κ1) is 18.2. The zero-order chi connectivity index (χ0) is 13.8. The summed E-state index contributed by atoms with van der Waals surface area (Å²) in [5, 5.41) is 0. The lowest BCUT2D eigenvalue weighted by Crippen LogP contribution is -2.49. The van der Waals surface area contributed by atoms with E-state index in [-0.39, 0.29) is 23.8 Å². The van der Waals surface area contributed by atoms with Crippen molar-refractivity contribution in [3.63, 3.8) is 0 Å². The van der Waals surface area contributed by atoms with E-state index >= 15 is 0 Å². The van der Waals surface area contributed by atoms with Gasteiger partial charge >= 0.3 is 0 Å². The molecule has 0 bridgehead atoms. The summed E-state index contributed by atoms with van der Waals surface area (Å²) in [7, 11) is -3.77. The molecule has 0 aliphatic carbocycles.